The lowest BCUT2D eigenvalue weighted by molar-refractivity contribution is -0.173. The van der Waals surface area contributed by atoms with Crippen LogP contribution in [0.2, 0.25) is 0 Å². The number of halogens is 1. The van der Waals surface area contributed by atoms with Crippen LogP contribution >= 0.6 is 0 Å². The van der Waals surface area contributed by atoms with E-state index in [2.05, 4.69) is 0 Å². The molecule has 3 nitrogen and oxygen atoms in total. The molecular formula is C11H22FNO2. The molecule has 1 atom stereocenters. The van der Waals surface area contributed by atoms with E-state index in [1.54, 1.807) is 20.8 Å². The Balaban J connectivity index is 5.64. The minimum atomic E-state index is -1.73. The summed E-state index contributed by atoms with van der Waals surface area (Å²) in [6.07, 6.45) is 0. The predicted octanol–water partition coefficient (Wildman–Crippen LogP) is 1.90. The van der Waals surface area contributed by atoms with E-state index in [0.717, 1.165) is 0 Å². The number of carbonyl (C=O) groups is 1. The Labute approximate surface area is 91.2 Å². The zero-order valence-electron chi connectivity index (χ0n) is 10.5. The number of carbonyl (C=O) groups excluding carboxylic acids is 1. The lowest BCUT2D eigenvalue weighted by atomic mass is 9.59. The molecule has 0 aliphatic rings. The Morgan fingerprint density at radius 3 is 1.73 bits per heavy atom. The van der Waals surface area contributed by atoms with Crippen molar-refractivity contribution in [2.24, 2.45) is 16.6 Å². The minimum absolute atomic E-state index is 0.0767. The van der Waals surface area contributed by atoms with Gasteiger partial charge in [0.1, 0.15) is 11.1 Å². The first-order valence-corrected chi connectivity index (χ1v) is 5.02. The van der Waals surface area contributed by atoms with Crippen molar-refractivity contribution in [1.82, 2.24) is 0 Å². The second-order valence-electron chi connectivity index (χ2n) is 5.32. The fourth-order valence-electron chi connectivity index (χ4n) is 2.25. The molecule has 0 heterocycles. The van der Waals surface area contributed by atoms with Gasteiger partial charge in [-0.15, -0.1) is 0 Å². The summed E-state index contributed by atoms with van der Waals surface area (Å²) in [5, 5.41) is 0. The molecule has 0 fully saturated rings. The maximum absolute atomic E-state index is 14.3. The van der Waals surface area contributed by atoms with Gasteiger partial charge in [0.2, 0.25) is 0 Å². The first kappa shape index (κ1) is 14.4. The van der Waals surface area contributed by atoms with Crippen LogP contribution in [0.15, 0.2) is 0 Å². The van der Waals surface area contributed by atoms with Crippen LogP contribution in [0.25, 0.3) is 0 Å². The summed E-state index contributed by atoms with van der Waals surface area (Å²) in [6.45, 7) is 8.02. The van der Waals surface area contributed by atoms with Gasteiger partial charge in [0, 0.05) is 6.54 Å². The lowest BCUT2D eigenvalue weighted by Crippen LogP contribution is -2.59. The van der Waals surface area contributed by atoms with Crippen molar-refractivity contribution in [1.29, 1.82) is 0 Å². The van der Waals surface area contributed by atoms with Gasteiger partial charge >= 0.3 is 5.97 Å². The topological polar surface area (TPSA) is 52.3 Å². The van der Waals surface area contributed by atoms with Gasteiger partial charge in [0.05, 0.1) is 7.11 Å². The summed E-state index contributed by atoms with van der Waals surface area (Å²) in [6, 6.07) is 0. The minimum Gasteiger partial charge on any atom is -0.468 e. The van der Waals surface area contributed by atoms with Crippen molar-refractivity contribution in [2.45, 2.75) is 40.3 Å². The van der Waals surface area contributed by atoms with E-state index in [1.165, 1.54) is 21.0 Å². The Kier molecular flexibility index (Phi) is 3.91. The van der Waals surface area contributed by atoms with E-state index < -0.39 is 22.5 Å². The summed E-state index contributed by atoms with van der Waals surface area (Å²) in [4.78, 5) is 11.8. The lowest BCUT2D eigenvalue weighted by Gasteiger charge is -2.47. The van der Waals surface area contributed by atoms with E-state index in [0.29, 0.717) is 0 Å². The van der Waals surface area contributed by atoms with Crippen LogP contribution in [0.4, 0.5) is 4.39 Å². The van der Waals surface area contributed by atoms with Crippen LogP contribution < -0.4 is 5.73 Å². The zero-order chi connectivity index (χ0) is 12.5. The van der Waals surface area contributed by atoms with Crippen molar-refractivity contribution in [3.8, 4) is 0 Å². The standard InChI is InChI=1S/C11H22FNO2/c1-9(2,3)11(7-13,8(14)15-6)10(4,5)12/h7,13H2,1-6H3. The maximum Gasteiger partial charge on any atom is 0.316 e. The first-order chi connectivity index (χ1) is 6.54. The molecule has 2 N–H and O–H groups in total. The quantitative estimate of drug-likeness (QED) is 0.737. The molecule has 4 heteroatoms. The third-order valence-corrected chi connectivity index (χ3v) is 3.14. The molecule has 0 aromatic heterocycles. The highest BCUT2D eigenvalue weighted by Crippen LogP contribution is 2.48. The Hall–Kier alpha value is -0.640. The number of ether oxygens (including phenoxy) is 1. The maximum atomic E-state index is 14.3. The molecule has 90 valence electrons. The van der Waals surface area contributed by atoms with Crippen LogP contribution in [0.1, 0.15) is 34.6 Å². The van der Waals surface area contributed by atoms with Crippen molar-refractivity contribution < 1.29 is 13.9 Å². The Morgan fingerprint density at radius 2 is 1.67 bits per heavy atom. The van der Waals surface area contributed by atoms with Crippen LogP contribution in [0.5, 0.6) is 0 Å². The molecule has 0 radical (unpaired) electrons. The molecule has 0 bridgehead atoms. The van der Waals surface area contributed by atoms with Gasteiger partial charge in [0.15, 0.2) is 0 Å². The van der Waals surface area contributed by atoms with E-state index >= 15 is 0 Å². The van der Waals surface area contributed by atoms with E-state index in [-0.39, 0.29) is 6.54 Å². The van der Waals surface area contributed by atoms with Crippen LogP contribution in [0, 0.1) is 10.8 Å². The third kappa shape index (κ3) is 2.14. The van der Waals surface area contributed by atoms with E-state index in [1.807, 2.05) is 0 Å². The summed E-state index contributed by atoms with van der Waals surface area (Å²) in [7, 11) is 1.25. The summed E-state index contributed by atoms with van der Waals surface area (Å²) >= 11 is 0. The monoisotopic (exact) mass is 219 g/mol. The fraction of sp³-hybridized carbons (Fsp3) is 0.909. The van der Waals surface area contributed by atoms with Crippen molar-refractivity contribution in [2.75, 3.05) is 13.7 Å². The average molecular weight is 219 g/mol. The molecule has 0 rings (SSSR count). The highest BCUT2D eigenvalue weighted by atomic mass is 19.1. The predicted molar refractivity (Wildman–Crippen MR) is 58.1 cm³/mol. The van der Waals surface area contributed by atoms with Crippen LogP contribution in [-0.2, 0) is 9.53 Å². The average Bonchev–Trinajstić information content (AvgIpc) is 2.00. The number of hydrogen-bond acceptors (Lipinski definition) is 3. The Bertz CT molecular complexity index is 224. The number of esters is 1. The molecule has 0 spiro atoms. The molecule has 0 aliphatic heterocycles. The largest absolute Gasteiger partial charge is 0.468 e. The number of methoxy groups -OCH3 is 1. The molecule has 1 unspecified atom stereocenters. The summed E-state index contributed by atoms with van der Waals surface area (Å²) in [5.41, 5.74) is 1.96. The molecule has 0 aliphatic carbocycles. The summed E-state index contributed by atoms with van der Waals surface area (Å²) < 4.78 is 19.0. The molecule has 0 aromatic rings. The van der Waals surface area contributed by atoms with E-state index in [9.17, 15) is 9.18 Å². The highest BCUT2D eigenvalue weighted by molar-refractivity contribution is 5.79. The molecule has 15 heavy (non-hydrogen) atoms. The molecule has 0 aromatic carbocycles. The zero-order valence-corrected chi connectivity index (χ0v) is 10.5. The summed E-state index contributed by atoms with van der Waals surface area (Å²) in [5.74, 6) is -0.593. The van der Waals surface area contributed by atoms with Gasteiger partial charge in [-0.1, -0.05) is 20.8 Å². The molecular weight excluding hydrogens is 197 g/mol. The van der Waals surface area contributed by atoms with Gasteiger partial charge in [0.25, 0.3) is 0 Å². The normalized spacial score (nSPS) is 17.1. The number of alkyl halides is 1. The van der Waals surface area contributed by atoms with Crippen LogP contribution in [0.3, 0.4) is 0 Å². The SMILES string of the molecule is COC(=O)C(CN)(C(C)(C)C)C(C)(C)F. The fourth-order valence-corrected chi connectivity index (χ4v) is 2.25. The van der Waals surface area contributed by atoms with Gasteiger partial charge in [-0.2, -0.15) is 0 Å². The van der Waals surface area contributed by atoms with Crippen molar-refractivity contribution in [3.05, 3.63) is 0 Å². The third-order valence-electron chi connectivity index (χ3n) is 3.14. The number of nitrogens with two attached hydrogens (primary N) is 1. The highest BCUT2D eigenvalue weighted by Gasteiger charge is 2.59. The van der Waals surface area contributed by atoms with Crippen LogP contribution in [-0.4, -0.2) is 25.3 Å². The first-order valence-electron chi connectivity index (χ1n) is 5.02. The molecule has 0 amide bonds. The van der Waals surface area contributed by atoms with E-state index in [4.69, 9.17) is 10.5 Å². The smallest absolute Gasteiger partial charge is 0.316 e. The number of hydrogen-bond donors (Lipinski definition) is 1. The molecule has 0 saturated heterocycles. The molecule has 0 saturated carbocycles. The Morgan fingerprint density at radius 1 is 1.27 bits per heavy atom. The van der Waals surface area contributed by atoms with Gasteiger partial charge in [-0.05, 0) is 19.3 Å². The second kappa shape index (κ2) is 4.08. The number of rotatable bonds is 3. The second-order valence-corrected chi connectivity index (χ2v) is 5.32. The van der Waals surface area contributed by atoms with Gasteiger partial charge in [-0.3, -0.25) is 4.79 Å². The van der Waals surface area contributed by atoms with Gasteiger partial charge < -0.3 is 10.5 Å². The van der Waals surface area contributed by atoms with Crippen molar-refractivity contribution >= 4 is 5.97 Å². The van der Waals surface area contributed by atoms with Crippen molar-refractivity contribution in [3.63, 3.8) is 0 Å². The van der Waals surface area contributed by atoms with Gasteiger partial charge in [-0.25, -0.2) is 4.39 Å².